The summed E-state index contributed by atoms with van der Waals surface area (Å²) in [6.07, 6.45) is 0. The van der Waals surface area contributed by atoms with Gasteiger partial charge in [0.25, 0.3) is 0 Å². The van der Waals surface area contributed by atoms with E-state index >= 15 is 0 Å². The number of aromatic nitrogens is 2. The molecule has 0 fully saturated rings. The summed E-state index contributed by atoms with van der Waals surface area (Å²) in [5, 5.41) is 15.9. The fraction of sp³-hybridized carbons (Fsp3) is 0.154. The number of hydrogen-bond donors (Lipinski definition) is 1. The number of carboxylic acid groups (broad SMARTS) is 1. The summed E-state index contributed by atoms with van der Waals surface area (Å²) < 4.78 is 10.4. The van der Waals surface area contributed by atoms with Gasteiger partial charge in [-0.05, 0) is 23.8 Å². The van der Waals surface area contributed by atoms with E-state index in [-0.39, 0.29) is 11.6 Å². The zero-order valence-electron chi connectivity index (χ0n) is 10.2. The predicted molar refractivity (Wildman–Crippen MR) is 66.3 cm³/mol. The molecule has 0 spiro atoms. The molecule has 0 atom stereocenters. The molecule has 0 saturated carbocycles. The molecule has 6 nitrogen and oxygen atoms in total. The molecular weight excluding hydrogens is 248 g/mol. The number of carbonyl (C=O) groups is 1. The number of carboxylic acids is 1. The van der Waals surface area contributed by atoms with E-state index in [4.69, 9.17) is 14.6 Å². The van der Waals surface area contributed by atoms with Gasteiger partial charge in [0.1, 0.15) is 12.4 Å². The third-order valence-corrected chi connectivity index (χ3v) is 2.40. The van der Waals surface area contributed by atoms with Crippen LogP contribution in [0.4, 0.5) is 0 Å². The van der Waals surface area contributed by atoms with Crippen molar-refractivity contribution in [2.75, 3.05) is 7.11 Å². The molecular formula is C13H12N2O4. The van der Waals surface area contributed by atoms with Crippen LogP contribution in [0.2, 0.25) is 0 Å². The fourth-order valence-electron chi connectivity index (χ4n) is 1.39. The van der Waals surface area contributed by atoms with Crippen LogP contribution in [-0.4, -0.2) is 28.4 Å². The number of hydrogen-bond acceptors (Lipinski definition) is 5. The van der Waals surface area contributed by atoms with Crippen LogP contribution in [0.25, 0.3) is 0 Å². The lowest BCUT2D eigenvalue weighted by molar-refractivity contribution is 0.0689. The molecule has 0 aliphatic rings. The highest BCUT2D eigenvalue weighted by atomic mass is 16.5. The molecule has 2 aromatic rings. The van der Waals surface area contributed by atoms with Crippen LogP contribution >= 0.6 is 0 Å². The summed E-state index contributed by atoms with van der Waals surface area (Å²) in [5.74, 6) is -0.0654. The van der Waals surface area contributed by atoms with E-state index in [2.05, 4.69) is 10.2 Å². The first-order valence-corrected chi connectivity index (χ1v) is 5.52. The average molecular weight is 260 g/mol. The second-order valence-electron chi connectivity index (χ2n) is 3.70. The van der Waals surface area contributed by atoms with E-state index in [1.807, 2.05) is 24.3 Å². The van der Waals surface area contributed by atoms with E-state index in [9.17, 15) is 4.79 Å². The van der Waals surface area contributed by atoms with Crippen molar-refractivity contribution in [3.8, 4) is 11.6 Å². The lowest BCUT2D eigenvalue weighted by Crippen LogP contribution is -2.04. The van der Waals surface area contributed by atoms with Crippen molar-refractivity contribution in [1.29, 1.82) is 0 Å². The lowest BCUT2D eigenvalue weighted by Gasteiger charge is -2.05. The molecule has 1 heterocycles. The summed E-state index contributed by atoms with van der Waals surface area (Å²) in [6.45, 7) is 0.324. The molecule has 1 aromatic carbocycles. The van der Waals surface area contributed by atoms with Crippen LogP contribution in [0, 0.1) is 0 Å². The van der Waals surface area contributed by atoms with Gasteiger partial charge in [0.2, 0.25) is 5.88 Å². The van der Waals surface area contributed by atoms with Gasteiger partial charge in [-0.2, -0.15) is 0 Å². The minimum Gasteiger partial charge on any atom is -0.497 e. The van der Waals surface area contributed by atoms with Crippen molar-refractivity contribution in [2.24, 2.45) is 0 Å². The maximum absolute atomic E-state index is 10.6. The van der Waals surface area contributed by atoms with Crippen LogP contribution in [0.5, 0.6) is 11.6 Å². The first-order chi connectivity index (χ1) is 9.19. The molecule has 0 aliphatic heterocycles. The van der Waals surface area contributed by atoms with Crippen LogP contribution in [0.15, 0.2) is 36.4 Å². The maximum Gasteiger partial charge on any atom is 0.356 e. The predicted octanol–water partition coefficient (Wildman–Crippen LogP) is 1.76. The van der Waals surface area contributed by atoms with Gasteiger partial charge in [-0.3, -0.25) is 0 Å². The number of aromatic carboxylic acids is 1. The molecule has 98 valence electrons. The Hall–Kier alpha value is -2.63. The Balaban J connectivity index is 1.95. The third kappa shape index (κ3) is 3.41. The highest BCUT2D eigenvalue weighted by Gasteiger charge is 2.05. The molecule has 0 radical (unpaired) electrons. The first kappa shape index (κ1) is 12.8. The van der Waals surface area contributed by atoms with Crippen LogP contribution in [0.3, 0.4) is 0 Å². The van der Waals surface area contributed by atoms with E-state index < -0.39 is 5.97 Å². The van der Waals surface area contributed by atoms with Crippen molar-refractivity contribution in [3.05, 3.63) is 47.7 Å². The minimum absolute atomic E-state index is 0.114. The Morgan fingerprint density at radius 3 is 2.42 bits per heavy atom. The normalized spacial score (nSPS) is 9.95. The number of nitrogens with zero attached hydrogens (tertiary/aromatic N) is 2. The Kier molecular flexibility index (Phi) is 3.92. The molecule has 0 amide bonds. The van der Waals surface area contributed by atoms with Gasteiger partial charge >= 0.3 is 5.97 Å². The van der Waals surface area contributed by atoms with Gasteiger partial charge in [-0.1, -0.05) is 12.1 Å². The number of ether oxygens (including phenoxy) is 2. The van der Waals surface area contributed by atoms with Crippen molar-refractivity contribution in [3.63, 3.8) is 0 Å². The average Bonchev–Trinajstić information content (AvgIpc) is 2.46. The number of rotatable bonds is 5. The number of methoxy groups -OCH3 is 1. The van der Waals surface area contributed by atoms with Gasteiger partial charge in [-0.25, -0.2) is 4.79 Å². The molecule has 6 heteroatoms. The zero-order valence-corrected chi connectivity index (χ0v) is 10.2. The zero-order chi connectivity index (χ0) is 13.7. The Morgan fingerprint density at radius 2 is 1.89 bits per heavy atom. The summed E-state index contributed by atoms with van der Waals surface area (Å²) in [6, 6.07) is 10.2. The molecule has 19 heavy (non-hydrogen) atoms. The topological polar surface area (TPSA) is 81.5 Å². The fourth-order valence-corrected chi connectivity index (χ4v) is 1.39. The van der Waals surface area contributed by atoms with Gasteiger partial charge in [0.05, 0.1) is 7.11 Å². The third-order valence-electron chi connectivity index (χ3n) is 2.40. The summed E-state index contributed by atoms with van der Waals surface area (Å²) in [7, 11) is 1.60. The molecule has 0 aliphatic carbocycles. The van der Waals surface area contributed by atoms with Crippen molar-refractivity contribution < 1.29 is 19.4 Å². The molecule has 0 saturated heterocycles. The van der Waals surface area contributed by atoms with Crippen molar-refractivity contribution in [1.82, 2.24) is 10.2 Å². The van der Waals surface area contributed by atoms with Crippen LogP contribution in [-0.2, 0) is 6.61 Å². The smallest absolute Gasteiger partial charge is 0.356 e. The Labute approximate surface area is 109 Å². The van der Waals surface area contributed by atoms with Gasteiger partial charge < -0.3 is 14.6 Å². The largest absolute Gasteiger partial charge is 0.497 e. The quantitative estimate of drug-likeness (QED) is 0.882. The maximum atomic E-state index is 10.6. The summed E-state index contributed by atoms with van der Waals surface area (Å²) >= 11 is 0. The lowest BCUT2D eigenvalue weighted by atomic mass is 10.2. The first-order valence-electron chi connectivity index (χ1n) is 5.52. The molecule has 0 unspecified atom stereocenters. The molecule has 0 bridgehead atoms. The van der Waals surface area contributed by atoms with E-state index in [1.54, 1.807) is 7.11 Å². The monoisotopic (exact) mass is 260 g/mol. The highest BCUT2D eigenvalue weighted by molar-refractivity contribution is 5.84. The van der Waals surface area contributed by atoms with Gasteiger partial charge in [0.15, 0.2) is 5.69 Å². The number of benzene rings is 1. The molecule has 1 aromatic heterocycles. The van der Waals surface area contributed by atoms with E-state index in [0.29, 0.717) is 6.61 Å². The Morgan fingerprint density at radius 1 is 1.16 bits per heavy atom. The SMILES string of the molecule is COc1ccc(COc2ccc(C(=O)O)nn2)cc1. The Bertz CT molecular complexity index is 552. The molecule has 1 N–H and O–H groups in total. The van der Waals surface area contributed by atoms with Crippen molar-refractivity contribution >= 4 is 5.97 Å². The van der Waals surface area contributed by atoms with Gasteiger partial charge in [0, 0.05) is 6.07 Å². The van der Waals surface area contributed by atoms with Crippen LogP contribution in [0.1, 0.15) is 16.1 Å². The standard InChI is InChI=1S/C13H12N2O4/c1-18-10-4-2-9(3-5-10)8-19-12-7-6-11(13(16)17)14-15-12/h2-7H,8H2,1H3,(H,16,17). The van der Waals surface area contributed by atoms with Gasteiger partial charge in [-0.15, -0.1) is 10.2 Å². The summed E-state index contributed by atoms with van der Waals surface area (Å²) in [4.78, 5) is 10.6. The van der Waals surface area contributed by atoms with Crippen molar-refractivity contribution in [2.45, 2.75) is 6.61 Å². The second kappa shape index (κ2) is 5.81. The highest BCUT2D eigenvalue weighted by Crippen LogP contribution is 2.13. The minimum atomic E-state index is -1.12. The van der Waals surface area contributed by atoms with E-state index in [1.165, 1.54) is 12.1 Å². The second-order valence-corrected chi connectivity index (χ2v) is 3.70. The molecule has 2 rings (SSSR count). The summed E-state index contributed by atoms with van der Waals surface area (Å²) in [5.41, 5.74) is 0.835. The van der Waals surface area contributed by atoms with E-state index in [0.717, 1.165) is 11.3 Å². The van der Waals surface area contributed by atoms with Crippen LogP contribution < -0.4 is 9.47 Å².